The molecule has 1 atom stereocenters. The number of carboxylic acid groups (broad SMARTS) is 1. The Labute approximate surface area is 187 Å². The molecule has 0 aromatic heterocycles. The van der Waals surface area contributed by atoms with Gasteiger partial charge >= 0.3 is 5.97 Å². The van der Waals surface area contributed by atoms with E-state index in [4.69, 9.17) is 26.8 Å². The van der Waals surface area contributed by atoms with Gasteiger partial charge in [0, 0.05) is 0 Å². The van der Waals surface area contributed by atoms with Crippen LogP contribution in [0.15, 0.2) is 23.1 Å². The Kier molecular flexibility index (Phi) is 9.65. The number of thiocarbonyl (C=S) groups is 1. The van der Waals surface area contributed by atoms with Crippen LogP contribution in [0.5, 0.6) is 11.5 Å². The van der Waals surface area contributed by atoms with Gasteiger partial charge in [-0.15, -0.1) is 0 Å². The topological polar surface area (TPSA) is 76.1 Å². The minimum absolute atomic E-state index is 0.0821. The lowest BCUT2D eigenvalue weighted by atomic mass is 10.1. The van der Waals surface area contributed by atoms with E-state index in [-0.39, 0.29) is 10.4 Å². The molecule has 1 aromatic rings. The van der Waals surface area contributed by atoms with E-state index < -0.39 is 18.4 Å². The number of thioether (sulfide) groups is 1. The van der Waals surface area contributed by atoms with E-state index in [1.165, 1.54) is 25.7 Å². The molecule has 1 heterocycles. The van der Waals surface area contributed by atoms with E-state index in [9.17, 15) is 9.59 Å². The molecule has 1 saturated heterocycles. The highest BCUT2D eigenvalue weighted by molar-refractivity contribution is 8.26. The molecule has 2 rings (SSSR count). The second-order valence-electron chi connectivity index (χ2n) is 7.20. The number of benzene rings is 1. The number of ether oxygens (including phenoxy) is 2. The first kappa shape index (κ1) is 24.2. The second-order valence-corrected chi connectivity index (χ2v) is 8.88. The number of nitrogens with zero attached hydrogens (tertiary/aromatic N) is 1. The lowest BCUT2D eigenvalue weighted by Crippen LogP contribution is -2.33. The van der Waals surface area contributed by atoms with Gasteiger partial charge in [-0.3, -0.25) is 14.5 Å². The number of amides is 1. The summed E-state index contributed by atoms with van der Waals surface area (Å²) in [5.41, 5.74) is 0.752. The van der Waals surface area contributed by atoms with Gasteiger partial charge in [0.25, 0.3) is 5.91 Å². The van der Waals surface area contributed by atoms with Crippen LogP contribution in [0, 0.1) is 0 Å². The Balaban J connectivity index is 2.03. The number of hydrogen-bond acceptors (Lipinski definition) is 6. The Morgan fingerprint density at radius 1 is 1.27 bits per heavy atom. The maximum Gasteiger partial charge on any atom is 0.323 e. The molecule has 1 aromatic carbocycles. The van der Waals surface area contributed by atoms with Gasteiger partial charge in [0.2, 0.25) is 0 Å². The molecule has 1 unspecified atom stereocenters. The van der Waals surface area contributed by atoms with Gasteiger partial charge in [-0.25, -0.2) is 0 Å². The fourth-order valence-electron chi connectivity index (χ4n) is 3.11. The largest absolute Gasteiger partial charge is 0.493 e. The fraction of sp³-hybridized carbons (Fsp3) is 0.500. The fourth-order valence-corrected chi connectivity index (χ4v) is 4.36. The Bertz CT molecular complexity index is 809. The molecule has 8 heteroatoms. The molecule has 1 aliphatic rings. The monoisotopic (exact) mass is 451 g/mol. The van der Waals surface area contributed by atoms with Crippen molar-refractivity contribution in [2.75, 3.05) is 13.7 Å². The molecule has 0 spiro atoms. The maximum atomic E-state index is 12.4. The normalized spacial score (nSPS) is 16.2. The molecule has 30 heavy (non-hydrogen) atoms. The zero-order valence-corrected chi connectivity index (χ0v) is 19.3. The summed E-state index contributed by atoms with van der Waals surface area (Å²) < 4.78 is 11.8. The Morgan fingerprint density at radius 3 is 2.67 bits per heavy atom. The number of aliphatic carboxylic acids is 1. The van der Waals surface area contributed by atoms with Gasteiger partial charge in [0.15, 0.2) is 11.5 Å². The van der Waals surface area contributed by atoms with E-state index in [2.05, 4.69) is 13.8 Å². The van der Waals surface area contributed by atoms with Crippen molar-refractivity contribution in [3.05, 3.63) is 28.7 Å². The third-order valence-corrected chi connectivity index (χ3v) is 6.07. The van der Waals surface area contributed by atoms with Gasteiger partial charge in [0.05, 0.1) is 18.1 Å². The number of methoxy groups -OCH3 is 1. The first-order valence-corrected chi connectivity index (χ1v) is 11.4. The van der Waals surface area contributed by atoms with E-state index in [1.54, 1.807) is 19.3 Å². The molecule has 0 bridgehead atoms. The molecule has 1 fully saturated rings. The quantitative estimate of drug-likeness (QED) is 0.269. The molecular weight excluding hydrogens is 422 g/mol. The third-order valence-electron chi connectivity index (χ3n) is 4.69. The highest BCUT2D eigenvalue weighted by atomic mass is 32.2. The summed E-state index contributed by atoms with van der Waals surface area (Å²) in [6.45, 7) is 3.83. The summed E-state index contributed by atoms with van der Waals surface area (Å²) >= 11 is 6.22. The molecule has 0 radical (unpaired) electrons. The van der Waals surface area contributed by atoms with Crippen LogP contribution < -0.4 is 9.47 Å². The third kappa shape index (κ3) is 7.02. The zero-order chi connectivity index (χ0) is 22.1. The highest BCUT2D eigenvalue weighted by Crippen LogP contribution is 2.35. The molecule has 164 valence electrons. The zero-order valence-electron chi connectivity index (χ0n) is 17.7. The number of unbranched alkanes of at least 4 members (excludes halogenated alkanes) is 4. The SMILES string of the molecule is CCCCCCCC(C)Oc1ccc(/C=C2\SC(=S)N(CC(=O)O)C2=O)cc1OC. The Morgan fingerprint density at radius 2 is 2.00 bits per heavy atom. The molecule has 0 saturated carbocycles. The van der Waals surface area contributed by atoms with E-state index in [0.29, 0.717) is 16.4 Å². The van der Waals surface area contributed by atoms with Crippen LogP contribution in [0.1, 0.15) is 57.9 Å². The number of carbonyl (C=O) groups excluding carboxylic acids is 1. The number of hydrogen-bond donors (Lipinski definition) is 1. The van der Waals surface area contributed by atoms with E-state index >= 15 is 0 Å². The second kappa shape index (κ2) is 12.0. The van der Waals surface area contributed by atoms with Crippen LogP contribution in [0.3, 0.4) is 0 Å². The minimum atomic E-state index is -1.10. The van der Waals surface area contributed by atoms with Gasteiger partial charge in [0.1, 0.15) is 10.9 Å². The summed E-state index contributed by atoms with van der Waals surface area (Å²) in [5.74, 6) is -0.254. The standard InChI is InChI=1S/C22H29NO5S2/c1-4-5-6-7-8-9-15(2)28-17-11-10-16(12-18(17)27-3)13-19-21(26)23(14-20(24)25)22(29)30-19/h10-13,15H,4-9,14H2,1-3H3,(H,24,25)/b19-13-. The van der Waals surface area contributed by atoms with Gasteiger partial charge in [-0.1, -0.05) is 62.7 Å². The van der Waals surface area contributed by atoms with E-state index in [0.717, 1.165) is 35.1 Å². The van der Waals surface area contributed by atoms with Crippen LogP contribution >= 0.6 is 24.0 Å². The van der Waals surface area contributed by atoms with Crippen LogP contribution in [-0.2, 0) is 9.59 Å². The van der Waals surface area contributed by atoms with E-state index in [1.807, 2.05) is 12.1 Å². The van der Waals surface area contributed by atoms with Crippen molar-refractivity contribution in [3.8, 4) is 11.5 Å². The van der Waals surface area contributed by atoms with Crippen molar-refractivity contribution in [1.29, 1.82) is 0 Å². The van der Waals surface area contributed by atoms with Crippen LogP contribution in [0.25, 0.3) is 6.08 Å². The average molecular weight is 452 g/mol. The molecule has 6 nitrogen and oxygen atoms in total. The lowest BCUT2D eigenvalue weighted by molar-refractivity contribution is -0.140. The number of carbonyl (C=O) groups is 2. The van der Waals surface area contributed by atoms with Crippen LogP contribution in [0.2, 0.25) is 0 Å². The Hall–Kier alpha value is -2.06. The molecule has 1 N–H and O–H groups in total. The minimum Gasteiger partial charge on any atom is -0.493 e. The smallest absolute Gasteiger partial charge is 0.323 e. The number of carboxylic acids is 1. The van der Waals surface area contributed by atoms with Gasteiger partial charge < -0.3 is 14.6 Å². The van der Waals surface area contributed by atoms with Crippen LogP contribution in [0.4, 0.5) is 0 Å². The molecule has 1 aliphatic heterocycles. The van der Waals surface area contributed by atoms with Gasteiger partial charge in [-0.05, 0) is 43.5 Å². The van der Waals surface area contributed by atoms with Crippen molar-refractivity contribution < 1.29 is 24.2 Å². The van der Waals surface area contributed by atoms with Crippen molar-refractivity contribution >= 4 is 46.3 Å². The summed E-state index contributed by atoms with van der Waals surface area (Å²) in [6.07, 6.45) is 8.89. The summed E-state index contributed by atoms with van der Waals surface area (Å²) in [5, 5.41) is 8.94. The predicted molar refractivity (Wildman–Crippen MR) is 124 cm³/mol. The molecular formula is C22H29NO5S2. The maximum absolute atomic E-state index is 12.4. The summed E-state index contributed by atoms with van der Waals surface area (Å²) in [6, 6.07) is 5.47. The molecule has 1 amide bonds. The van der Waals surface area contributed by atoms with Crippen molar-refractivity contribution in [2.45, 2.75) is 58.5 Å². The first-order chi connectivity index (χ1) is 14.3. The number of rotatable bonds is 12. The first-order valence-electron chi connectivity index (χ1n) is 10.2. The highest BCUT2D eigenvalue weighted by Gasteiger charge is 2.33. The van der Waals surface area contributed by atoms with Crippen LogP contribution in [-0.4, -0.2) is 46.0 Å². The lowest BCUT2D eigenvalue weighted by Gasteiger charge is -2.17. The summed E-state index contributed by atoms with van der Waals surface area (Å²) in [7, 11) is 1.58. The van der Waals surface area contributed by atoms with Crippen molar-refractivity contribution in [1.82, 2.24) is 4.90 Å². The average Bonchev–Trinajstić information content (AvgIpc) is 2.96. The van der Waals surface area contributed by atoms with Crippen molar-refractivity contribution in [2.24, 2.45) is 0 Å². The predicted octanol–water partition coefficient (Wildman–Crippen LogP) is 5.11. The van der Waals surface area contributed by atoms with Gasteiger partial charge in [-0.2, -0.15) is 0 Å². The van der Waals surface area contributed by atoms with Crippen molar-refractivity contribution in [3.63, 3.8) is 0 Å². The summed E-state index contributed by atoms with van der Waals surface area (Å²) in [4.78, 5) is 24.8. The molecule has 0 aliphatic carbocycles.